The SMILES string of the molecule is O=C(NCc1nnc2n1CCCCC2)c1cnn(Cc2ccccc2Cl)c1. The van der Waals surface area contributed by atoms with Crippen LogP contribution in [-0.2, 0) is 26.1 Å². The maximum Gasteiger partial charge on any atom is 0.254 e. The molecule has 27 heavy (non-hydrogen) atoms. The Bertz CT molecular complexity index is 947. The molecule has 1 aromatic carbocycles. The zero-order valence-corrected chi connectivity index (χ0v) is 15.7. The van der Waals surface area contributed by atoms with Gasteiger partial charge in [-0.1, -0.05) is 36.2 Å². The maximum absolute atomic E-state index is 12.5. The highest BCUT2D eigenvalue weighted by atomic mass is 35.5. The molecule has 1 aliphatic rings. The number of halogens is 1. The van der Waals surface area contributed by atoms with Crippen LogP contribution in [0.3, 0.4) is 0 Å². The molecule has 140 valence electrons. The van der Waals surface area contributed by atoms with E-state index in [4.69, 9.17) is 11.6 Å². The normalized spacial score (nSPS) is 13.8. The molecule has 0 spiro atoms. The number of benzene rings is 1. The lowest BCUT2D eigenvalue weighted by atomic mass is 10.2. The molecule has 7 nitrogen and oxygen atoms in total. The lowest BCUT2D eigenvalue weighted by molar-refractivity contribution is 0.0949. The van der Waals surface area contributed by atoms with Gasteiger partial charge >= 0.3 is 0 Å². The molecule has 1 N–H and O–H groups in total. The summed E-state index contributed by atoms with van der Waals surface area (Å²) in [7, 11) is 0. The van der Waals surface area contributed by atoms with Crippen LogP contribution in [0.1, 0.15) is 46.8 Å². The molecule has 4 rings (SSSR count). The van der Waals surface area contributed by atoms with Gasteiger partial charge in [0.05, 0.1) is 24.8 Å². The van der Waals surface area contributed by atoms with E-state index in [2.05, 4.69) is 25.2 Å². The van der Waals surface area contributed by atoms with Gasteiger partial charge in [-0.05, 0) is 24.5 Å². The van der Waals surface area contributed by atoms with Gasteiger partial charge < -0.3 is 9.88 Å². The Morgan fingerprint density at radius 3 is 2.96 bits per heavy atom. The number of nitrogens with one attached hydrogen (secondary N) is 1. The molecule has 8 heteroatoms. The quantitative estimate of drug-likeness (QED) is 0.733. The minimum absolute atomic E-state index is 0.175. The van der Waals surface area contributed by atoms with Gasteiger partial charge in [-0.25, -0.2) is 0 Å². The second kappa shape index (κ2) is 7.92. The number of aryl methyl sites for hydroxylation is 1. The van der Waals surface area contributed by atoms with Crippen molar-refractivity contribution in [2.75, 3.05) is 0 Å². The third kappa shape index (κ3) is 4.03. The Hall–Kier alpha value is -2.67. The molecule has 1 aliphatic heterocycles. The molecule has 0 aliphatic carbocycles. The molecule has 0 radical (unpaired) electrons. The Balaban J connectivity index is 1.39. The second-order valence-electron chi connectivity index (χ2n) is 6.70. The topological polar surface area (TPSA) is 77.6 Å². The van der Waals surface area contributed by atoms with Gasteiger partial charge in [-0.3, -0.25) is 9.48 Å². The highest BCUT2D eigenvalue weighted by Gasteiger charge is 2.16. The first kappa shape index (κ1) is 17.7. The van der Waals surface area contributed by atoms with Gasteiger partial charge in [0.2, 0.25) is 0 Å². The summed E-state index contributed by atoms with van der Waals surface area (Å²) >= 11 is 6.18. The van der Waals surface area contributed by atoms with Crippen LogP contribution in [0.5, 0.6) is 0 Å². The number of hydrogen-bond donors (Lipinski definition) is 1. The molecule has 0 saturated heterocycles. The molecular weight excluding hydrogens is 364 g/mol. The van der Waals surface area contributed by atoms with Crippen molar-refractivity contribution in [1.82, 2.24) is 29.9 Å². The maximum atomic E-state index is 12.5. The zero-order valence-electron chi connectivity index (χ0n) is 14.9. The van der Waals surface area contributed by atoms with E-state index in [1.54, 1.807) is 17.1 Å². The molecule has 0 atom stereocenters. The summed E-state index contributed by atoms with van der Waals surface area (Å²) in [5.74, 6) is 1.65. The summed E-state index contributed by atoms with van der Waals surface area (Å²) in [6.07, 6.45) is 7.73. The Kier molecular flexibility index (Phi) is 5.20. The zero-order chi connectivity index (χ0) is 18.6. The summed E-state index contributed by atoms with van der Waals surface area (Å²) < 4.78 is 3.84. The van der Waals surface area contributed by atoms with Crippen molar-refractivity contribution < 1.29 is 4.79 Å². The number of amides is 1. The minimum Gasteiger partial charge on any atom is -0.345 e. The van der Waals surface area contributed by atoms with Crippen molar-refractivity contribution >= 4 is 17.5 Å². The molecule has 0 unspecified atom stereocenters. The molecule has 0 fully saturated rings. The standard InChI is InChI=1S/C19H21ClN6O/c20-16-7-4-3-6-14(16)12-25-13-15(10-22-25)19(27)21-11-18-24-23-17-8-2-1-5-9-26(17)18/h3-4,6-7,10,13H,1-2,5,8-9,11-12H2,(H,21,27). The van der Waals surface area contributed by atoms with Gasteiger partial charge in [-0.2, -0.15) is 5.10 Å². The monoisotopic (exact) mass is 384 g/mol. The van der Waals surface area contributed by atoms with E-state index in [-0.39, 0.29) is 5.91 Å². The summed E-state index contributed by atoms with van der Waals surface area (Å²) in [4.78, 5) is 12.5. The number of carbonyl (C=O) groups is 1. The molecule has 1 amide bonds. The van der Waals surface area contributed by atoms with Crippen molar-refractivity contribution in [3.05, 3.63) is 64.5 Å². The second-order valence-corrected chi connectivity index (χ2v) is 7.10. The van der Waals surface area contributed by atoms with Crippen LogP contribution in [0.15, 0.2) is 36.7 Å². The largest absolute Gasteiger partial charge is 0.345 e. The average molecular weight is 385 g/mol. The van der Waals surface area contributed by atoms with E-state index < -0.39 is 0 Å². The summed E-state index contributed by atoms with van der Waals surface area (Å²) in [6, 6.07) is 7.61. The van der Waals surface area contributed by atoms with Crippen molar-refractivity contribution in [2.45, 2.75) is 45.3 Å². The Morgan fingerprint density at radius 1 is 1.19 bits per heavy atom. The highest BCUT2D eigenvalue weighted by molar-refractivity contribution is 6.31. The number of fused-ring (bicyclic) bond motifs is 1. The van der Waals surface area contributed by atoms with E-state index in [0.717, 1.165) is 43.0 Å². The van der Waals surface area contributed by atoms with Crippen molar-refractivity contribution in [3.8, 4) is 0 Å². The third-order valence-electron chi connectivity index (χ3n) is 4.78. The van der Waals surface area contributed by atoms with Crippen LogP contribution in [0.2, 0.25) is 5.02 Å². The first-order valence-corrected chi connectivity index (χ1v) is 9.53. The van der Waals surface area contributed by atoms with Crippen LogP contribution in [0.25, 0.3) is 0 Å². The van der Waals surface area contributed by atoms with Gasteiger partial charge in [0, 0.05) is 24.2 Å². The predicted molar refractivity (Wildman–Crippen MR) is 102 cm³/mol. The molecule has 2 aromatic heterocycles. The van der Waals surface area contributed by atoms with E-state index in [9.17, 15) is 4.79 Å². The van der Waals surface area contributed by atoms with E-state index >= 15 is 0 Å². The fraction of sp³-hybridized carbons (Fsp3) is 0.368. The number of nitrogens with zero attached hydrogens (tertiary/aromatic N) is 5. The van der Waals surface area contributed by atoms with E-state index in [1.165, 1.54) is 6.42 Å². The molecular formula is C19H21ClN6O. The van der Waals surface area contributed by atoms with Crippen LogP contribution in [0.4, 0.5) is 0 Å². The van der Waals surface area contributed by atoms with Crippen molar-refractivity contribution in [3.63, 3.8) is 0 Å². The smallest absolute Gasteiger partial charge is 0.254 e. The fourth-order valence-corrected chi connectivity index (χ4v) is 3.50. The Labute approximate surface area is 162 Å². The first-order valence-electron chi connectivity index (χ1n) is 9.16. The summed E-state index contributed by atoms with van der Waals surface area (Å²) in [5, 5.41) is 16.4. The lowest BCUT2D eigenvalue weighted by Crippen LogP contribution is -2.24. The molecule has 3 aromatic rings. The van der Waals surface area contributed by atoms with Crippen LogP contribution >= 0.6 is 11.6 Å². The average Bonchev–Trinajstić information content (AvgIpc) is 3.22. The van der Waals surface area contributed by atoms with Crippen LogP contribution in [0, 0.1) is 0 Å². The van der Waals surface area contributed by atoms with E-state index in [0.29, 0.717) is 23.7 Å². The molecule has 0 saturated carbocycles. The number of carbonyl (C=O) groups excluding carboxylic acids is 1. The number of aromatic nitrogens is 5. The van der Waals surface area contributed by atoms with Gasteiger partial charge in [0.15, 0.2) is 5.82 Å². The number of hydrogen-bond acceptors (Lipinski definition) is 4. The predicted octanol–water partition coefficient (Wildman–Crippen LogP) is 2.83. The van der Waals surface area contributed by atoms with Gasteiger partial charge in [0.1, 0.15) is 5.82 Å². The minimum atomic E-state index is -0.175. The fourth-order valence-electron chi connectivity index (χ4n) is 3.31. The van der Waals surface area contributed by atoms with Crippen molar-refractivity contribution in [2.24, 2.45) is 0 Å². The summed E-state index contributed by atoms with van der Waals surface area (Å²) in [6.45, 7) is 1.80. The van der Waals surface area contributed by atoms with E-state index in [1.807, 2.05) is 24.3 Å². The highest BCUT2D eigenvalue weighted by Crippen LogP contribution is 2.16. The van der Waals surface area contributed by atoms with Gasteiger partial charge in [0.25, 0.3) is 5.91 Å². The number of rotatable bonds is 5. The summed E-state index contributed by atoms with van der Waals surface area (Å²) in [5.41, 5.74) is 1.47. The first-order chi connectivity index (χ1) is 13.2. The van der Waals surface area contributed by atoms with Gasteiger partial charge in [-0.15, -0.1) is 10.2 Å². The van der Waals surface area contributed by atoms with Crippen LogP contribution in [-0.4, -0.2) is 30.5 Å². The third-order valence-corrected chi connectivity index (χ3v) is 5.15. The van der Waals surface area contributed by atoms with Crippen molar-refractivity contribution in [1.29, 1.82) is 0 Å². The lowest BCUT2D eigenvalue weighted by Gasteiger charge is -2.07. The van der Waals surface area contributed by atoms with Crippen LogP contribution < -0.4 is 5.32 Å². The molecule has 3 heterocycles. The molecule has 0 bridgehead atoms. The Morgan fingerprint density at radius 2 is 2.07 bits per heavy atom.